The van der Waals surface area contributed by atoms with Gasteiger partial charge in [-0.25, -0.2) is 8.42 Å². The lowest BCUT2D eigenvalue weighted by Crippen LogP contribution is -2.53. The summed E-state index contributed by atoms with van der Waals surface area (Å²) >= 11 is 0. The monoisotopic (exact) mass is 250 g/mol. The fraction of sp³-hybridized carbons (Fsp3) is 0.889. The number of carboxylic acid groups (broad SMARTS) is 1. The first-order chi connectivity index (χ1) is 7.38. The van der Waals surface area contributed by atoms with Gasteiger partial charge in [0.05, 0.1) is 5.75 Å². The van der Waals surface area contributed by atoms with Crippen molar-refractivity contribution >= 4 is 16.0 Å². The molecule has 1 atom stereocenters. The number of sulfonamides is 1. The Labute approximate surface area is 95.9 Å². The second-order valence-electron chi connectivity index (χ2n) is 3.85. The van der Waals surface area contributed by atoms with Gasteiger partial charge in [0.1, 0.15) is 6.04 Å². The predicted octanol–water partition coefficient (Wildman–Crippen LogP) is -0.573. The van der Waals surface area contributed by atoms with E-state index in [9.17, 15) is 13.2 Å². The van der Waals surface area contributed by atoms with E-state index in [2.05, 4.69) is 0 Å². The van der Waals surface area contributed by atoms with Crippen molar-refractivity contribution in [2.75, 3.05) is 31.9 Å². The molecule has 1 saturated heterocycles. The van der Waals surface area contributed by atoms with E-state index in [1.165, 1.54) is 4.31 Å². The van der Waals surface area contributed by atoms with Crippen LogP contribution in [0.25, 0.3) is 0 Å². The molecule has 1 rings (SSSR count). The first-order valence-corrected chi connectivity index (χ1v) is 6.94. The molecule has 6 nitrogen and oxygen atoms in total. The zero-order valence-electron chi connectivity index (χ0n) is 9.59. The SMILES string of the molecule is CCS(=O)(=O)N1CCN(C(C)C(=O)O)CC1. The van der Waals surface area contributed by atoms with Crippen LogP contribution in [0.3, 0.4) is 0 Å². The largest absolute Gasteiger partial charge is 0.480 e. The van der Waals surface area contributed by atoms with Crippen LogP contribution in [0.15, 0.2) is 0 Å². The highest BCUT2D eigenvalue weighted by atomic mass is 32.2. The molecule has 0 aromatic carbocycles. The molecule has 1 heterocycles. The van der Waals surface area contributed by atoms with Crippen molar-refractivity contribution in [1.82, 2.24) is 9.21 Å². The van der Waals surface area contributed by atoms with Crippen LogP contribution in [-0.2, 0) is 14.8 Å². The first kappa shape index (κ1) is 13.4. The molecule has 0 amide bonds. The van der Waals surface area contributed by atoms with Crippen LogP contribution in [0.2, 0.25) is 0 Å². The summed E-state index contributed by atoms with van der Waals surface area (Å²) in [5, 5.41) is 8.83. The van der Waals surface area contributed by atoms with Crippen LogP contribution >= 0.6 is 0 Å². The summed E-state index contributed by atoms with van der Waals surface area (Å²) in [5.41, 5.74) is 0. The lowest BCUT2D eigenvalue weighted by molar-refractivity contribution is -0.143. The summed E-state index contributed by atoms with van der Waals surface area (Å²) in [6, 6.07) is -0.550. The zero-order chi connectivity index (χ0) is 12.3. The van der Waals surface area contributed by atoms with Gasteiger partial charge in [0.15, 0.2) is 0 Å². The van der Waals surface area contributed by atoms with E-state index in [1.807, 2.05) is 0 Å². The van der Waals surface area contributed by atoms with E-state index in [0.717, 1.165) is 0 Å². The maximum atomic E-state index is 11.6. The molecule has 1 fully saturated rings. The molecule has 7 heteroatoms. The molecule has 0 aromatic heterocycles. The number of aliphatic carboxylic acids is 1. The quantitative estimate of drug-likeness (QED) is 0.722. The fourth-order valence-electron chi connectivity index (χ4n) is 1.71. The Bertz CT molecular complexity index is 347. The first-order valence-electron chi connectivity index (χ1n) is 5.33. The van der Waals surface area contributed by atoms with E-state index in [0.29, 0.717) is 26.2 Å². The van der Waals surface area contributed by atoms with Crippen LogP contribution in [0.4, 0.5) is 0 Å². The van der Waals surface area contributed by atoms with Crippen LogP contribution in [-0.4, -0.2) is 66.7 Å². The average molecular weight is 250 g/mol. The number of piperazine rings is 1. The summed E-state index contributed by atoms with van der Waals surface area (Å²) < 4.78 is 24.5. The number of nitrogens with zero attached hydrogens (tertiary/aromatic N) is 2. The topological polar surface area (TPSA) is 77.9 Å². The van der Waals surface area contributed by atoms with Crippen LogP contribution in [0, 0.1) is 0 Å². The number of hydrogen-bond donors (Lipinski definition) is 1. The molecule has 0 aliphatic carbocycles. The van der Waals surface area contributed by atoms with Gasteiger partial charge < -0.3 is 5.11 Å². The third-order valence-electron chi connectivity index (χ3n) is 2.94. The summed E-state index contributed by atoms with van der Waals surface area (Å²) in [5.74, 6) is -0.770. The number of hydrogen-bond acceptors (Lipinski definition) is 4. The van der Waals surface area contributed by atoms with Gasteiger partial charge in [0.25, 0.3) is 0 Å². The standard InChI is InChI=1S/C9H18N2O4S/c1-3-16(14,15)11-6-4-10(5-7-11)8(2)9(12)13/h8H,3-7H2,1-2H3,(H,12,13). The highest BCUT2D eigenvalue weighted by Gasteiger charge is 2.29. The van der Waals surface area contributed by atoms with Gasteiger partial charge in [0, 0.05) is 26.2 Å². The van der Waals surface area contributed by atoms with Crippen LogP contribution in [0.1, 0.15) is 13.8 Å². The van der Waals surface area contributed by atoms with Crippen molar-refractivity contribution in [2.45, 2.75) is 19.9 Å². The summed E-state index contributed by atoms with van der Waals surface area (Å²) in [4.78, 5) is 12.5. The number of carboxylic acids is 1. The fourth-order valence-corrected chi connectivity index (χ4v) is 2.79. The van der Waals surface area contributed by atoms with E-state index in [-0.39, 0.29) is 5.75 Å². The van der Waals surface area contributed by atoms with Crippen LogP contribution in [0.5, 0.6) is 0 Å². The Balaban J connectivity index is 2.55. The molecule has 0 bridgehead atoms. The highest BCUT2D eigenvalue weighted by molar-refractivity contribution is 7.89. The number of carbonyl (C=O) groups is 1. The molecular formula is C9H18N2O4S. The molecule has 16 heavy (non-hydrogen) atoms. The van der Waals surface area contributed by atoms with E-state index < -0.39 is 22.0 Å². The summed E-state index contributed by atoms with van der Waals surface area (Å²) in [6.07, 6.45) is 0. The summed E-state index contributed by atoms with van der Waals surface area (Å²) in [7, 11) is -3.13. The lowest BCUT2D eigenvalue weighted by Gasteiger charge is -2.35. The van der Waals surface area contributed by atoms with Gasteiger partial charge in [-0.15, -0.1) is 0 Å². The normalized spacial score (nSPS) is 21.9. The lowest BCUT2D eigenvalue weighted by atomic mass is 10.2. The Kier molecular flexibility index (Phi) is 4.28. The highest BCUT2D eigenvalue weighted by Crippen LogP contribution is 2.10. The predicted molar refractivity (Wildman–Crippen MR) is 59.7 cm³/mol. The van der Waals surface area contributed by atoms with Gasteiger partial charge in [-0.3, -0.25) is 9.69 Å². The Morgan fingerprint density at radius 3 is 2.19 bits per heavy atom. The zero-order valence-corrected chi connectivity index (χ0v) is 10.4. The van der Waals surface area contributed by atoms with E-state index in [1.54, 1.807) is 18.7 Å². The molecule has 1 aliphatic heterocycles. The molecule has 1 aliphatic rings. The Hall–Kier alpha value is -0.660. The minimum Gasteiger partial charge on any atom is -0.480 e. The molecular weight excluding hydrogens is 232 g/mol. The molecule has 1 N–H and O–H groups in total. The minimum absolute atomic E-state index is 0.0987. The molecule has 0 saturated carbocycles. The maximum Gasteiger partial charge on any atom is 0.320 e. The van der Waals surface area contributed by atoms with Crippen molar-refractivity contribution in [1.29, 1.82) is 0 Å². The molecule has 0 spiro atoms. The summed E-state index contributed by atoms with van der Waals surface area (Å²) in [6.45, 7) is 4.95. The Morgan fingerprint density at radius 1 is 1.31 bits per heavy atom. The van der Waals surface area contributed by atoms with Crippen molar-refractivity contribution in [2.24, 2.45) is 0 Å². The second-order valence-corrected chi connectivity index (χ2v) is 6.11. The van der Waals surface area contributed by atoms with E-state index in [4.69, 9.17) is 5.11 Å². The number of rotatable bonds is 4. The molecule has 0 aromatic rings. The third-order valence-corrected chi connectivity index (χ3v) is 4.82. The van der Waals surface area contributed by atoms with Crippen LogP contribution < -0.4 is 0 Å². The average Bonchev–Trinajstić information content (AvgIpc) is 2.28. The maximum absolute atomic E-state index is 11.6. The smallest absolute Gasteiger partial charge is 0.320 e. The molecule has 94 valence electrons. The van der Waals surface area contributed by atoms with Gasteiger partial charge in [-0.05, 0) is 13.8 Å². The van der Waals surface area contributed by atoms with Gasteiger partial charge in [-0.1, -0.05) is 0 Å². The molecule has 1 unspecified atom stereocenters. The van der Waals surface area contributed by atoms with Crippen molar-refractivity contribution in [3.05, 3.63) is 0 Å². The van der Waals surface area contributed by atoms with E-state index >= 15 is 0 Å². The minimum atomic E-state index is -3.13. The second kappa shape index (κ2) is 5.11. The van der Waals surface area contributed by atoms with Crippen molar-refractivity contribution < 1.29 is 18.3 Å². The Morgan fingerprint density at radius 2 is 1.81 bits per heavy atom. The third kappa shape index (κ3) is 2.93. The van der Waals surface area contributed by atoms with Crippen molar-refractivity contribution in [3.63, 3.8) is 0 Å². The van der Waals surface area contributed by atoms with Gasteiger partial charge in [-0.2, -0.15) is 4.31 Å². The molecule has 0 radical (unpaired) electrons. The van der Waals surface area contributed by atoms with Crippen molar-refractivity contribution in [3.8, 4) is 0 Å². The van der Waals surface area contributed by atoms with Gasteiger partial charge in [0.2, 0.25) is 10.0 Å². The van der Waals surface area contributed by atoms with Gasteiger partial charge >= 0.3 is 5.97 Å².